The topological polar surface area (TPSA) is 51.1 Å². The van der Waals surface area contributed by atoms with Crippen LogP contribution in [0.4, 0.5) is 0 Å². The number of nitrogens with zero attached hydrogens (tertiary/aromatic N) is 1. The first kappa shape index (κ1) is 16.5. The van der Waals surface area contributed by atoms with Crippen molar-refractivity contribution in [2.24, 2.45) is 0 Å². The van der Waals surface area contributed by atoms with Gasteiger partial charge in [0, 0.05) is 18.8 Å². The van der Waals surface area contributed by atoms with E-state index >= 15 is 0 Å². The van der Waals surface area contributed by atoms with E-state index in [1.54, 1.807) is 18.3 Å². The van der Waals surface area contributed by atoms with Gasteiger partial charge in [0.25, 0.3) is 5.56 Å². The van der Waals surface area contributed by atoms with E-state index in [2.05, 4.69) is 12.2 Å². The van der Waals surface area contributed by atoms with Gasteiger partial charge < -0.3 is 9.88 Å². The Balaban J connectivity index is 2.06. The maximum absolute atomic E-state index is 11.7. The summed E-state index contributed by atoms with van der Waals surface area (Å²) >= 11 is 0. The number of aromatic nitrogens is 1. The molecule has 1 N–H and O–H groups in total. The summed E-state index contributed by atoms with van der Waals surface area (Å²) in [6.07, 6.45) is 10.3. The average Bonchev–Trinajstić information content (AvgIpc) is 2.44. The second-order valence-corrected chi connectivity index (χ2v) is 5.14. The van der Waals surface area contributed by atoms with Crippen LogP contribution in [0.5, 0.6) is 0 Å². The monoisotopic (exact) mass is 278 g/mol. The normalized spacial score (nSPS) is 10.4. The van der Waals surface area contributed by atoms with Crippen LogP contribution in [0.15, 0.2) is 29.2 Å². The SMILES string of the molecule is CCCCCCCCCNC(=O)Cn1ccccc1=O. The largest absolute Gasteiger partial charge is 0.355 e. The lowest BCUT2D eigenvalue weighted by Gasteiger charge is -2.07. The fourth-order valence-corrected chi connectivity index (χ4v) is 2.11. The van der Waals surface area contributed by atoms with Crippen molar-refractivity contribution in [1.29, 1.82) is 0 Å². The van der Waals surface area contributed by atoms with E-state index in [-0.39, 0.29) is 18.0 Å². The van der Waals surface area contributed by atoms with Gasteiger partial charge in [0.2, 0.25) is 5.91 Å². The molecular weight excluding hydrogens is 252 g/mol. The molecule has 0 spiro atoms. The van der Waals surface area contributed by atoms with Gasteiger partial charge in [-0.05, 0) is 12.5 Å². The minimum absolute atomic E-state index is 0.0933. The highest BCUT2D eigenvalue weighted by atomic mass is 16.2. The molecule has 0 aliphatic rings. The van der Waals surface area contributed by atoms with E-state index in [1.807, 2.05) is 0 Å². The van der Waals surface area contributed by atoms with Crippen LogP contribution in [0.25, 0.3) is 0 Å². The summed E-state index contributed by atoms with van der Waals surface area (Å²) in [5.74, 6) is -0.0933. The second-order valence-electron chi connectivity index (χ2n) is 5.14. The number of amides is 1. The summed E-state index contributed by atoms with van der Waals surface area (Å²) < 4.78 is 1.42. The third-order valence-corrected chi connectivity index (χ3v) is 3.32. The first-order chi connectivity index (χ1) is 9.74. The molecule has 1 aromatic heterocycles. The molecule has 4 heteroatoms. The molecule has 0 aliphatic carbocycles. The number of hydrogen-bond donors (Lipinski definition) is 1. The number of unbranched alkanes of at least 4 members (excludes halogenated alkanes) is 6. The third-order valence-electron chi connectivity index (χ3n) is 3.32. The molecule has 0 saturated heterocycles. The lowest BCUT2D eigenvalue weighted by Crippen LogP contribution is -2.32. The minimum atomic E-state index is -0.140. The van der Waals surface area contributed by atoms with Gasteiger partial charge >= 0.3 is 0 Å². The molecule has 0 aliphatic heterocycles. The molecule has 1 rings (SSSR count). The summed E-state index contributed by atoms with van der Waals surface area (Å²) in [6, 6.07) is 4.89. The fraction of sp³-hybridized carbons (Fsp3) is 0.625. The first-order valence-electron chi connectivity index (χ1n) is 7.66. The zero-order chi connectivity index (χ0) is 14.6. The van der Waals surface area contributed by atoms with E-state index in [0.717, 1.165) is 12.8 Å². The predicted octanol–water partition coefficient (Wildman–Crippen LogP) is 2.72. The highest BCUT2D eigenvalue weighted by Gasteiger charge is 2.02. The van der Waals surface area contributed by atoms with Crippen molar-refractivity contribution in [3.63, 3.8) is 0 Å². The Morgan fingerprint density at radius 2 is 1.80 bits per heavy atom. The standard InChI is InChI=1S/C16H26N2O2/c1-2-3-4-5-6-7-9-12-17-15(19)14-18-13-10-8-11-16(18)20/h8,10-11,13H,2-7,9,12,14H2,1H3,(H,17,19). The smallest absolute Gasteiger partial charge is 0.250 e. The Hall–Kier alpha value is -1.58. The lowest BCUT2D eigenvalue weighted by molar-refractivity contribution is -0.121. The van der Waals surface area contributed by atoms with Crippen molar-refractivity contribution in [1.82, 2.24) is 9.88 Å². The maximum Gasteiger partial charge on any atom is 0.250 e. The van der Waals surface area contributed by atoms with Gasteiger partial charge in [-0.3, -0.25) is 9.59 Å². The molecule has 0 aromatic carbocycles. The van der Waals surface area contributed by atoms with Crippen molar-refractivity contribution in [3.8, 4) is 0 Å². The highest BCUT2D eigenvalue weighted by molar-refractivity contribution is 5.75. The molecule has 112 valence electrons. The van der Waals surface area contributed by atoms with E-state index < -0.39 is 0 Å². The molecule has 0 bridgehead atoms. The average molecular weight is 278 g/mol. The Kier molecular flexibility index (Phi) is 8.43. The molecule has 1 aromatic rings. The molecule has 0 fully saturated rings. The van der Waals surface area contributed by atoms with Crippen LogP contribution >= 0.6 is 0 Å². The molecule has 20 heavy (non-hydrogen) atoms. The van der Waals surface area contributed by atoms with E-state index in [0.29, 0.717) is 6.54 Å². The molecular formula is C16H26N2O2. The predicted molar refractivity (Wildman–Crippen MR) is 81.7 cm³/mol. The molecule has 0 radical (unpaired) electrons. The van der Waals surface area contributed by atoms with Crippen molar-refractivity contribution in [2.45, 2.75) is 58.4 Å². The molecule has 1 amide bonds. The van der Waals surface area contributed by atoms with E-state index in [1.165, 1.54) is 42.7 Å². The lowest BCUT2D eigenvalue weighted by atomic mass is 10.1. The highest BCUT2D eigenvalue weighted by Crippen LogP contribution is 2.06. The van der Waals surface area contributed by atoms with Crippen LogP contribution < -0.4 is 10.9 Å². The quantitative estimate of drug-likeness (QED) is 0.669. The number of nitrogens with one attached hydrogen (secondary N) is 1. The number of pyridine rings is 1. The van der Waals surface area contributed by atoms with Crippen LogP contribution in [0.2, 0.25) is 0 Å². The Morgan fingerprint density at radius 1 is 1.10 bits per heavy atom. The number of rotatable bonds is 10. The number of carbonyl (C=O) groups is 1. The molecule has 0 saturated carbocycles. The third kappa shape index (κ3) is 7.12. The van der Waals surface area contributed by atoms with Crippen LogP contribution in [-0.4, -0.2) is 17.0 Å². The van der Waals surface area contributed by atoms with E-state index in [9.17, 15) is 9.59 Å². The minimum Gasteiger partial charge on any atom is -0.355 e. The van der Waals surface area contributed by atoms with Crippen LogP contribution in [0.1, 0.15) is 51.9 Å². The van der Waals surface area contributed by atoms with Crippen LogP contribution in [0, 0.1) is 0 Å². The summed E-state index contributed by atoms with van der Waals surface area (Å²) in [4.78, 5) is 23.1. The number of hydrogen-bond acceptors (Lipinski definition) is 2. The number of carbonyl (C=O) groups excluding carboxylic acids is 1. The van der Waals surface area contributed by atoms with E-state index in [4.69, 9.17) is 0 Å². The van der Waals surface area contributed by atoms with Gasteiger partial charge in [0.05, 0.1) is 0 Å². The summed E-state index contributed by atoms with van der Waals surface area (Å²) in [6.45, 7) is 3.03. The molecule has 4 nitrogen and oxygen atoms in total. The Labute approximate surface area is 121 Å². The van der Waals surface area contributed by atoms with Crippen molar-refractivity contribution in [2.75, 3.05) is 6.54 Å². The van der Waals surface area contributed by atoms with Gasteiger partial charge in [-0.25, -0.2) is 0 Å². The van der Waals surface area contributed by atoms with Crippen LogP contribution in [-0.2, 0) is 11.3 Å². The van der Waals surface area contributed by atoms with Crippen LogP contribution in [0.3, 0.4) is 0 Å². The van der Waals surface area contributed by atoms with Gasteiger partial charge in [-0.2, -0.15) is 0 Å². The van der Waals surface area contributed by atoms with Crippen molar-refractivity contribution in [3.05, 3.63) is 34.7 Å². The van der Waals surface area contributed by atoms with Gasteiger partial charge in [-0.1, -0.05) is 51.5 Å². The molecule has 0 unspecified atom stereocenters. The van der Waals surface area contributed by atoms with Gasteiger partial charge in [0.1, 0.15) is 6.54 Å². The zero-order valence-corrected chi connectivity index (χ0v) is 12.4. The summed E-state index contributed by atoms with van der Waals surface area (Å²) in [5, 5.41) is 2.86. The molecule has 0 atom stereocenters. The summed E-state index contributed by atoms with van der Waals surface area (Å²) in [7, 11) is 0. The maximum atomic E-state index is 11.7. The second kappa shape index (κ2) is 10.2. The fourth-order valence-electron chi connectivity index (χ4n) is 2.11. The molecule has 1 heterocycles. The van der Waals surface area contributed by atoms with Gasteiger partial charge in [0.15, 0.2) is 0 Å². The summed E-state index contributed by atoms with van der Waals surface area (Å²) in [5.41, 5.74) is -0.140. The first-order valence-corrected chi connectivity index (χ1v) is 7.66. The Bertz CT molecular complexity index is 440. The van der Waals surface area contributed by atoms with Gasteiger partial charge in [-0.15, -0.1) is 0 Å². The Morgan fingerprint density at radius 3 is 2.50 bits per heavy atom. The van der Waals surface area contributed by atoms with Crippen molar-refractivity contribution < 1.29 is 4.79 Å². The zero-order valence-electron chi connectivity index (χ0n) is 12.4. The van der Waals surface area contributed by atoms with Crippen molar-refractivity contribution >= 4 is 5.91 Å².